The van der Waals surface area contributed by atoms with Gasteiger partial charge in [0.15, 0.2) is 0 Å². The minimum atomic E-state index is -4.60. The number of halogens is 3. The average Bonchev–Trinajstić information content (AvgIpc) is 2.30. The van der Waals surface area contributed by atoms with Crippen molar-refractivity contribution in [3.8, 4) is 0 Å². The number of rotatable bonds is 2. The Morgan fingerprint density at radius 1 is 1.50 bits per heavy atom. The van der Waals surface area contributed by atoms with Gasteiger partial charge >= 0.3 is 12.1 Å². The maximum Gasteiger partial charge on any atom is 0.447 e. The van der Waals surface area contributed by atoms with Crippen LogP contribution in [0.1, 0.15) is 20.3 Å². The molecule has 6 heteroatoms. The van der Waals surface area contributed by atoms with Gasteiger partial charge in [-0.1, -0.05) is 13.8 Å². The molecule has 0 N–H and O–H groups in total. The molecular formula is C8H10F3NO2. The molecule has 3 nitrogen and oxygen atoms in total. The molecule has 0 spiro atoms. The molecular weight excluding hydrogens is 199 g/mol. The molecule has 1 rings (SSSR count). The molecule has 0 aromatic carbocycles. The van der Waals surface area contributed by atoms with Crippen LogP contribution in [0.25, 0.3) is 0 Å². The first-order valence-electron chi connectivity index (χ1n) is 4.15. The maximum absolute atomic E-state index is 12.1. The number of nitrogens with zero attached hydrogens (tertiary/aromatic N) is 1. The number of cyclic esters (lactones) is 1. The van der Waals surface area contributed by atoms with Gasteiger partial charge < -0.3 is 4.74 Å². The Labute approximate surface area is 79.0 Å². The van der Waals surface area contributed by atoms with Gasteiger partial charge in [-0.25, -0.2) is 9.79 Å². The van der Waals surface area contributed by atoms with Gasteiger partial charge in [0.05, 0.1) is 0 Å². The molecule has 0 aromatic rings. The quantitative estimate of drug-likeness (QED) is 0.651. The van der Waals surface area contributed by atoms with Crippen LogP contribution < -0.4 is 0 Å². The SMILES string of the molecule is CC(C)CC1=NC(C(F)(F)F)OC1=O. The molecule has 0 amide bonds. The van der Waals surface area contributed by atoms with Gasteiger partial charge in [-0.15, -0.1) is 0 Å². The Morgan fingerprint density at radius 3 is 2.43 bits per heavy atom. The third-order valence-electron chi connectivity index (χ3n) is 1.61. The summed E-state index contributed by atoms with van der Waals surface area (Å²) in [6, 6.07) is 0. The number of hydrogen-bond acceptors (Lipinski definition) is 3. The fraction of sp³-hybridized carbons (Fsp3) is 0.750. The molecule has 0 aliphatic carbocycles. The van der Waals surface area contributed by atoms with Crippen molar-refractivity contribution in [3.05, 3.63) is 0 Å². The van der Waals surface area contributed by atoms with Crippen LogP contribution in [0, 0.1) is 5.92 Å². The van der Waals surface area contributed by atoms with Crippen LogP contribution in [0.4, 0.5) is 13.2 Å². The van der Waals surface area contributed by atoms with Gasteiger partial charge in [0.2, 0.25) is 0 Å². The average molecular weight is 209 g/mol. The van der Waals surface area contributed by atoms with Crippen LogP contribution in [0.2, 0.25) is 0 Å². The van der Waals surface area contributed by atoms with E-state index in [4.69, 9.17) is 0 Å². The van der Waals surface area contributed by atoms with Crippen LogP contribution in [0.15, 0.2) is 4.99 Å². The van der Waals surface area contributed by atoms with E-state index in [1.54, 1.807) is 13.8 Å². The maximum atomic E-state index is 12.1. The summed E-state index contributed by atoms with van der Waals surface area (Å²) in [7, 11) is 0. The number of carbonyl (C=O) groups excluding carboxylic acids is 1. The number of carbonyl (C=O) groups is 1. The fourth-order valence-corrected chi connectivity index (χ4v) is 1.05. The van der Waals surface area contributed by atoms with Crippen LogP contribution in [-0.4, -0.2) is 24.1 Å². The zero-order valence-electron chi connectivity index (χ0n) is 7.76. The van der Waals surface area contributed by atoms with Crippen LogP contribution in [-0.2, 0) is 9.53 Å². The Morgan fingerprint density at radius 2 is 2.07 bits per heavy atom. The lowest BCUT2D eigenvalue weighted by Crippen LogP contribution is -2.27. The lowest BCUT2D eigenvalue weighted by molar-refractivity contribution is -0.210. The standard InChI is InChI=1S/C8H10F3NO2/c1-4(2)3-5-6(13)14-7(12-5)8(9,10)11/h4,7H,3H2,1-2H3. The van der Waals surface area contributed by atoms with E-state index >= 15 is 0 Å². The minimum Gasteiger partial charge on any atom is -0.425 e. The zero-order valence-corrected chi connectivity index (χ0v) is 7.76. The fourth-order valence-electron chi connectivity index (χ4n) is 1.05. The van der Waals surface area contributed by atoms with Crippen molar-refractivity contribution in [1.29, 1.82) is 0 Å². The van der Waals surface area contributed by atoms with Gasteiger partial charge in [0, 0.05) is 0 Å². The smallest absolute Gasteiger partial charge is 0.425 e. The molecule has 14 heavy (non-hydrogen) atoms. The molecule has 0 saturated heterocycles. The van der Waals surface area contributed by atoms with Gasteiger partial charge in [-0.05, 0) is 12.3 Å². The lowest BCUT2D eigenvalue weighted by atomic mass is 10.1. The molecule has 0 saturated carbocycles. The van der Waals surface area contributed by atoms with E-state index < -0.39 is 18.4 Å². The highest BCUT2D eigenvalue weighted by Crippen LogP contribution is 2.28. The summed E-state index contributed by atoms with van der Waals surface area (Å²) in [4.78, 5) is 14.1. The van der Waals surface area contributed by atoms with Crippen LogP contribution >= 0.6 is 0 Å². The van der Waals surface area contributed by atoms with Crippen molar-refractivity contribution >= 4 is 11.7 Å². The summed E-state index contributed by atoms with van der Waals surface area (Å²) in [6.07, 6.45) is -6.69. The molecule has 1 aliphatic rings. The van der Waals surface area contributed by atoms with Gasteiger partial charge in [0.1, 0.15) is 5.71 Å². The summed E-state index contributed by atoms with van der Waals surface area (Å²) >= 11 is 0. The minimum absolute atomic E-state index is 0.0771. The summed E-state index contributed by atoms with van der Waals surface area (Å²) < 4.78 is 40.3. The van der Waals surface area contributed by atoms with Gasteiger partial charge in [-0.2, -0.15) is 13.2 Å². The van der Waals surface area contributed by atoms with E-state index in [1.165, 1.54) is 0 Å². The van der Waals surface area contributed by atoms with Crippen molar-refractivity contribution < 1.29 is 22.7 Å². The van der Waals surface area contributed by atoms with Crippen LogP contribution in [0.5, 0.6) is 0 Å². The predicted molar refractivity (Wildman–Crippen MR) is 42.8 cm³/mol. The summed E-state index contributed by atoms with van der Waals surface area (Å²) in [5.41, 5.74) is -0.123. The Kier molecular flexibility index (Phi) is 2.82. The Hall–Kier alpha value is -1.07. The van der Waals surface area contributed by atoms with Crippen molar-refractivity contribution in [2.45, 2.75) is 32.7 Å². The first-order valence-corrected chi connectivity index (χ1v) is 4.15. The highest BCUT2D eigenvalue weighted by Gasteiger charge is 2.47. The first kappa shape index (κ1) is 11.0. The molecule has 1 heterocycles. The second-order valence-corrected chi connectivity index (χ2v) is 3.47. The van der Waals surface area contributed by atoms with Crippen molar-refractivity contribution in [2.75, 3.05) is 0 Å². The Balaban J connectivity index is 2.73. The molecule has 0 fully saturated rings. The predicted octanol–water partition coefficient (Wildman–Crippen LogP) is 1.92. The number of alkyl halides is 3. The molecule has 0 radical (unpaired) electrons. The van der Waals surface area contributed by atoms with Crippen molar-refractivity contribution in [2.24, 2.45) is 10.9 Å². The third-order valence-corrected chi connectivity index (χ3v) is 1.61. The van der Waals surface area contributed by atoms with Gasteiger partial charge in [0.25, 0.3) is 6.23 Å². The van der Waals surface area contributed by atoms with E-state index in [-0.39, 0.29) is 18.1 Å². The molecule has 0 aromatic heterocycles. The number of hydrogen-bond donors (Lipinski definition) is 0. The highest BCUT2D eigenvalue weighted by molar-refractivity contribution is 6.37. The molecule has 1 atom stereocenters. The van der Waals surface area contributed by atoms with E-state index in [9.17, 15) is 18.0 Å². The van der Waals surface area contributed by atoms with Crippen molar-refractivity contribution in [3.63, 3.8) is 0 Å². The van der Waals surface area contributed by atoms with E-state index in [1.807, 2.05) is 0 Å². The summed E-state index contributed by atoms with van der Waals surface area (Å²) in [5, 5.41) is 0. The van der Waals surface area contributed by atoms with E-state index in [0.717, 1.165) is 0 Å². The monoisotopic (exact) mass is 209 g/mol. The highest BCUT2D eigenvalue weighted by atomic mass is 19.4. The van der Waals surface area contributed by atoms with Gasteiger partial charge in [-0.3, -0.25) is 0 Å². The topological polar surface area (TPSA) is 38.7 Å². The third kappa shape index (κ3) is 2.46. The number of ether oxygens (including phenoxy) is 1. The molecule has 0 bridgehead atoms. The normalized spacial score (nSPS) is 22.6. The number of esters is 1. The first-order chi connectivity index (χ1) is 6.30. The largest absolute Gasteiger partial charge is 0.447 e. The summed E-state index contributed by atoms with van der Waals surface area (Å²) in [5.74, 6) is -0.880. The van der Waals surface area contributed by atoms with Crippen molar-refractivity contribution in [1.82, 2.24) is 0 Å². The van der Waals surface area contributed by atoms with E-state index in [0.29, 0.717) is 0 Å². The van der Waals surface area contributed by atoms with E-state index in [2.05, 4.69) is 9.73 Å². The zero-order chi connectivity index (χ0) is 10.9. The summed E-state index contributed by atoms with van der Waals surface area (Å²) in [6.45, 7) is 3.58. The van der Waals surface area contributed by atoms with Crippen LogP contribution in [0.3, 0.4) is 0 Å². The number of aliphatic imine (C=N–C) groups is 1. The Bertz CT molecular complexity index is 270. The second kappa shape index (κ2) is 3.59. The molecule has 80 valence electrons. The second-order valence-electron chi connectivity index (χ2n) is 3.47. The lowest BCUT2D eigenvalue weighted by Gasteiger charge is -2.09. The molecule has 1 aliphatic heterocycles. The molecule has 1 unspecified atom stereocenters.